The summed E-state index contributed by atoms with van der Waals surface area (Å²) in [5.74, 6) is -0.609. The largest absolute Gasteiger partial charge is 0.449 e. The summed E-state index contributed by atoms with van der Waals surface area (Å²) >= 11 is 0. The molecule has 0 saturated heterocycles. The van der Waals surface area contributed by atoms with Gasteiger partial charge >= 0.3 is 6.09 Å². The predicted molar refractivity (Wildman–Crippen MR) is 102 cm³/mol. The third-order valence-electron chi connectivity index (χ3n) is 4.81. The van der Waals surface area contributed by atoms with Crippen molar-refractivity contribution in [1.29, 1.82) is 5.26 Å². The molecule has 2 aromatic rings. The molecule has 7 heteroatoms. The van der Waals surface area contributed by atoms with Gasteiger partial charge in [0, 0.05) is 13.0 Å². The van der Waals surface area contributed by atoms with Gasteiger partial charge in [0.15, 0.2) is 0 Å². The summed E-state index contributed by atoms with van der Waals surface area (Å²) in [6, 6.07) is 16.9. The van der Waals surface area contributed by atoms with E-state index >= 15 is 0 Å². The van der Waals surface area contributed by atoms with Crippen LogP contribution in [0.4, 0.5) is 4.79 Å². The van der Waals surface area contributed by atoms with Gasteiger partial charge in [-0.05, 0) is 22.3 Å². The van der Waals surface area contributed by atoms with Crippen molar-refractivity contribution in [2.75, 3.05) is 20.8 Å². The molecule has 1 atom stereocenters. The van der Waals surface area contributed by atoms with E-state index in [-0.39, 0.29) is 18.9 Å². The second kappa shape index (κ2) is 8.55. The lowest BCUT2D eigenvalue weighted by Gasteiger charge is -2.21. The zero-order valence-electron chi connectivity index (χ0n) is 15.7. The molecule has 0 spiro atoms. The third kappa shape index (κ3) is 3.82. The topological polar surface area (TPSA) is 91.7 Å². The molecule has 0 radical (unpaired) electrons. The van der Waals surface area contributed by atoms with Crippen LogP contribution in [0.1, 0.15) is 23.5 Å². The third-order valence-corrected chi connectivity index (χ3v) is 4.81. The van der Waals surface area contributed by atoms with E-state index in [4.69, 9.17) is 14.8 Å². The molecule has 0 bridgehead atoms. The van der Waals surface area contributed by atoms with Crippen molar-refractivity contribution in [3.05, 3.63) is 59.7 Å². The molecule has 0 heterocycles. The second-order valence-electron chi connectivity index (χ2n) is 6.40. The number of carbonyl (C=O) groups excluding carboxylic acids is 2. The van der Waals surface area contributed by atoms with Gasteiger partial charge in [-0.2, -0.15) is 5.26 Å². The fraction of sp³-hybridized carbons (Fsp3) is 0.286. The van der Waals surface area contributed by atoms with Crippen molar-refractivity contribution in [3.63, 3.8) is 0 Å². The number of amides is 2. The average molecular weight is 379 g/mol. The first-order chi connectivity index (χ1) is 13.6. The number of likely N-dealkylation sites (N-methyl/N-ethyl adjacent to an activating group) is 1. The molecule has 2 aromatic carbocycles. The number of nitrogens with zero attached hydrogens (tertiary/aromatic N) is 2. The zero-order chi connectivity index (χ0) is 20.1. The monoisotopic (exact) mass is 379 g/mol. The van der Waals surface area contributed by atoms with Gasteiger partial charge in [0.2, 0.25) is 0 Å². The Morgan fingerprint density at radius 2 is 1.71 bits per heavy atom. The Kier molecular flexibility index (Phi) is 5.92. The van der Waals surface area contributed by atoms with E-state index in [9.17, 15) is 9.59 Å². The predicted octanol–water partition coefficient (Wildman–Crippen LogP) is 2.83. The molecule has 7 nitrogen and oxygen atoms in total. The van der Waals surface area contributed by atoms with Crippen molar-refractivity contribution in [2.45, 2.75) is 18.4 Å². The van der Waals surface area contributed by atoms with Gasteiger partial charge in [0.25, 0.3) is 5.91 Å². The number of rotatable bonds is 6. The highest BCUT2D eigenvalue weighted by molar-refractivity contribution is 5.85. The van der Waals surface area contributed by atoms with E-state index in [2.05, 4.69) is 17.4 Å². The zero-order valence-corrected chi connectivity index (χ0v) is 15.7. The normalized spacial score (nSPS) is 13.0. The number of hydroxylamine groups is 2. The number of ether oxygens (including phenoxy) is 1. The number of nitrogens with one attached hydrogen (secondary N) is 1. The first kappa shape index (κ1) is 19.4. The molecule has 28 heavy (non-hydrogen) atoms. The highest BCUT2D eigenvalue weighted by Gasteiger charge is 2.30. The molecule has 0 unspecified atom stereocenters. The van der Waals surface area contributed by atoms with Crippen LogP contribution in [0.2, 0.25) is 0 Å². The maximum absolute atomic E-state index is 12.3. The number of alkyl carbamates (subject to hydrolysis) is 1. The van der Waals surface area contributed by atoms with Crippen LogP contribution in [0.5, 0.6) is 0 Å². The molecule has 0 aliphatic heterocycles. The van der Waals surface area contributed by atoms with Crippen molar-refractivity contribution < 1.29 is 19.2 Å². The number of nitriles is 1. The van der Waals surface area contributed by atoms with Gasteiger partial charge in [0.05, 0.1) is 19.6 Å². The molecular formula is C21H21N3O4. The van der Waals surface area contributed by atoms with Crippen LogP contribution in [0, 0.1) is 11.3 Å². The molecule has 1 aliphatic carbocycles. The van der Waals surface area contributed by atoms with Gasteiger partial charge < -0.3 is 10.1 Å². The minimum atomic E-state index is -1.04. The van der Waals surface area contributed by atoms with E-state index < -0.39 is 18.0 Å². The Balaban J connectivity index is 1.69. The number of hydrogen-bond acceptors (Lipinski definition) is 5. The van der Waals surface area contributed by atoms with Gasteiger partial charge in [0.1, 0.15) is 12.6 Å². The number of fused-ring (bicyclic) bond motifs is 3. The molecule has 0 aromatic heterocycles. The van der Waals surface area contributed by atoms with Gasteiger partial charge in [-0.1, -0.05) is 48.5 Å². The number of hydrogen-bond donors (Lipinski definition) is 1. The Morgan fingerprint density at radius 1 is 1.14 bits per heavy atom. The Bertz CT molecular complexity index is 876. The summed E-state index contributed by atoms with van der Waals surface area (Å²) in [7, 11) is 2.74. The van der Waals surface area contributed by atoms with E-state index in [0.29, 0.717) is 0 Å². The highest BCUT2D eigenvalue weighted by atomic mass is 16.7. The summed E-state index contributed by atoms with van der Waals surface area (Å²) < 4.78 is 5.41. The Labute approximate surface area is 163 Å². The summed E-state index contributed by atoms with van der Waals surface area (Å²) in [6.45, 7) is 0.132. The average Bonchev–Trinajstić information content (AvgIpc) is 3.04. The smallest absolute Gasteiger partial charge is 0.407 e. The van der Waals surface area contributed by atoms with E-state index in [1.165, 1.54) is 14.2 Å². The van der Waals surface area contributed by atoms with Gasteiger partial charge in [-0.25, -0.2) is 9.86 Å². The fourth-order valence-corrected chi connectivity index (χ4v) is 3.38. The molecule has 3 rings (SSSR count). The van der Waals surface area contributed by atoms with Crippen molar-refractivity contribution in [2.24, 2.45) is 0 Å². The first-order valence-electron chi connectivity index (χ1n) is 8.87. The number of benzene rings is 2. The second-order valence-corrected chi connectivity index (χ2v) is 6.40. The summed E-state index contributed by atoms with van der Waals surface area (Å²) in [6.07, 6.45) is -0.934. The van der Waals surface area contributed by atoms with Crippen LogP contribution in [0.15, 0.2) is 48.5 Å². The fourth-order valence-electron chi connectivity index (χ4n) is 3.38. The summed E-state index contributed by atoms with van der Waals surface area (Å²) in [5, 5.41) is 12.3. The quantitative estimate of drug-likeness (QED) is 0.779. The Hall–Kier alpha value is -3.37. The van der Waals surface area contributed by atoms with Gasteiger partial charge in [-0.15, -0.1) is 0 Å². The SMILES string of the molecule is CON(C)C(=O)[C@H](CC#N)NC(=O)OCC1c2ccccc2-c2ccccc21. The van der Waals surface area contributed by atoms with Crippen LogP contribution in [-0.4, -0.2) is 43.9 Å². The van der Waals surface area contributed by atoms with E-state index in [1.54, 1.807) is 0 Å². The molecule has 1 N–H and O–H groups in total. The first-order valence-corrected chi connectivity index (χ1v) is 8.87. The minimum absolute atomic E-state index is 0.0788. The van der Waals surface area contributed by atoms with Crippen molar-refractivity contribution in [3.8, 4) is 17.2 Å². The summed E-state index contributed by atoms with van der Waals surface area (Å²) in [5.41, 5.74) is 4.46. The van der Waals surface area contributed by atoms with E-state index in [1.807, 2.05) is 42.5 Å². The lowest BCUT2D eigenvalue weighted by Crippen LogP contribution is -2.47. The van der Waals surface area contributed by atoms with Crippen molar-refractivity contribution in [1.82, 2.24) is 10.4 Å². The van der Waals surface area contributed by atoms with Crippen LogP contribution in [-0.2, 0) is 14.4 Å². The number of carbonyl (C=O) groups is 2. The minimum Gasteiger partial charge on any atom is -0.449 e. The molecule has 2 amide bonds. The molecule has 0 saturated carbocycles. The lowest BCUT2D eigenvalue weighted by atomic mass is 9.98. The Morgan fingerprint density at radius 3 is 2.25 bits per heavy atom. The van der Waals surface area contributed by atoms with Crippen LogP contribution in [0.25, 0.3) is 11.1 Å². The molecule has 0 fully saturated rings. The van der Waals surface area contributed by atoms with E-state index in [0.717, 1.165) is 27.3 Å². The van der Waals surface area contributed by atoms with Crippen molar-refractivity contribution >= 4 is 12.0 Å². The maximum Gasteiger partial charge on any atom is 0.407 e. The lowest BCUT2D eigenvalue weighted by molar-refractivity contribution is -0.170. The molecule has 1 aliphatic rings. The van der Waals surface area contributed by atoms with Crippen LogP contribution < -0.4 is 5.32 Å². The highest BCUT2D eigenvalue weighted by Crippen LogP contribution is 2.44. The molecule has 144 valence electrons. The summed E-state index contributed by atoms with van der Waals surface area (Å²) in [4.78, 5) is 29.3. The van der Waals surface area contributed by atoms with Gasteiger partial charge in [-0.3, -0.25) is 9.63 Å². The van der Waals surface area contributed by atoms with Crippen LogP contribution >= 0.6 is 0 Å². The maximum atomic E-state index is 12.3. The molecular weight excluding hydrogens is 358 g/mol. The standard InChI is InChI=1S/C21H21N3O4/c1-24(27-2)20(25)19(11-12-22)23-21(26)28-13-18-16-9-5-3-7-14(16)15-8-4-6-10-17(15)18/h3-10,18-19H,11,13H2,1-2H3,(H,23,26)/t19-/m0/s1. The van der Waals surface area contributed by atoms with Crippen LogP contribution in [0.3, 0.4) is 0 Å².